The van der Waals surface area contributed by atoms with E-state index in [-0.39, 0.29) is 5.41 Å². The molecule has 0 aliphatic carbocycles. The molecular weight excluding hydrogens is 232 g/mol. The summed E-state index contributed by atoms with van der Waals surface area (Å²) in [6, 6.07) is 12.5. The van der Waals surface area contributed by atoms with Crippen molar-refractivity contribution in [1.29, 1.82) is 0 Å². The van der Waals surface area contributed by atoms with E-state index >= 15 is 0 Å². The first-order valence-corrected chi connectivity index (χ1v) is 6.54. The zero-order chi connectivity index (χ0) is 14.2. The molecule has 0 atom stereocenters. The fourth-order valence-corrected chi connectivity index (χ4v) is 2.51. The lowest BCUT2D eigenvalue weighted by atomic mass is 9.77. The van der Waals surface area contributed by atoms with Gasteiger partial charge < -0.3 is 11.5 Å². The van der Waals surface area contributed by atoms with Gasteiger partial charge in [0.15, 0.2) is 0 Å². The average molecular weight is 254 g/mol. The number of nitrogens with two attached hydrogens (primary N) is 2. The van der Waals surface area contributed by atoms with Crippen LogP contribution in [0.5, 0.6) is 0 Å². The highest BCUT2D eigenvalue weighted by Crippen LogP contribution is 2.34. The summed E-state index contributed by atoms with van der Waals surface area (Å²) < 4.78 is 0. The van der Waals surface area contributed by atoms with E-state index in [9.17, 15) is 0 Å². The zero-order valence-electron chi connectivity index (χ0n) is 12.1. The Morgan fingerprint density at radius 2 is 1.05 bits per heavy atom. The van der Waals surface area contributed by atoms with Crippen LogP contribution in [0.4, 0.5) is 11.4 Å². The van der Waals surface area contributed by atoms with Gasteiger partial charge in [0.05, 0.1) is 0 Å². The molecule has 0 saturated carbocycles. The first-order valence-electron chi connectivity index (χ1n) is 6.54. The van der Waals surface area contributed by atoms with Crippen molar-refractivity contribution in [2.45, 2.75) is 33.1 Å². The van der Waals surface area contributed by atoms with Crippen LogP contribution in [0.25, 0.3) is 0 Å². The summed E-state index contributed by atoms with van der Waals surface area (Å²) in [5.41, 5.74) is 18.2. The Balaban J connectivity index is 2.57. The summed E-state index contributed by atoms with van der Waals surface area (Å²) in [4.78, 5) is 0. The number of aryl methyl sites for hydroxylation is 2. The summed E-state index contributed by atoms with van der Waals surface area (Å²) in [6.07, 6.45) is 0. The lowest BCUT2D eigenvalue weighted by Crippen LogP contribution is -2.20. The van der Waals surface area contributed by atoms with Crippen molar-refractivity contribution >= 4 is 11.4 Å². The smallest absolute Gasteiger partial charge is 0.0319 e. The van der Waals surface area contributed by atoms with Crippen molar-refractivity contribution in [2.75, 3.05) is 11.5 Å². The molecule has 100 valence electrons. The van der Waals surface area contributed by atoms with Crippen LogP contribution in [0.15, 0.2) is 36.4 Å². The molecule has 0 fully saturated rings. The van der Waals surface area contributed by atoms with Crippen molar-refractivity contribution in [3.63, 3.8) is 0 Å². The number of hydrogen-bond acceptors (Lipinski definition) is 2. The Morgan fingerprint density at radius 1 is 0.684 bits per heavy atom. The minimum absolute atomic E-state index is 0.111. The van der Waals surface area contributed by atoms with Gasteiger partial charge in [0.2, 0.25) is 0 Å². The Labute approximate surface area is 115 Å². The highest BCUT2D eigenvalue weighted by Gasteiger charge is 2.24. The van der Waals surface area contributed by atoms with Crippen LogP contribution in [-0.2, 0) is 5.41 Å². The minimum atomic E-state index is -0.111. The summed E-state index contributed by atoms with van der Waals surface area (Å²) in [7, 11) is 0. The van der Waals surface area contributed by atoms with E-state index < -0.39 is 0 Å². The summed E-state index contributed by atoms with van der Waals surface area (Å²) in [5, 5.41) is 0. The maximum absolute atomic E-state index is 5.97. The van der Waals surface area contributed by atoms with E-state index in [4.69, 9.17) is 11.5 Å². The molecule has 0 spiro atoms. The Hall–Kier alpha value is -1.96. The fourth-order valence-electron chi connectivity index (χ4n) is 2.51. The molecule has 0 radical (unpaired) electrons. The van der Waals surface area contributed by atoms with E-state index in [0.29, 0.717) is 0 Å². The van der Waals surface area contributed by atoms with Crippen molar-refractivity contribution < 1.29 is 0 Å². The molecule has 0 aliphatic heterocycles. The lowest BCUT2D eigenvalue weighted by molar-refractivity contribution is 0.640. The summed E-state index contributed by atoms with van der Waals surface area (Å²) >= 11 is 0. The second kappa shape index (κ2) is 4.61. The number of rotatable bonds is 2. The molecule has 0 saturated heterocycles. The minimum Gasteiger partial charge on any atom is -0.399 e. The molecular formula is C17H22N2. The third-order valence-electron chi connectivity index (χ3n) is 3.64. The summed E-state index contributed by atoms with van der Waals surface area (Å²) in [5.74, 6) is 0. The van der Waals surface area contributed by atoms with Crippen LogP contribution in [0.1, 0.15) is 36.1 Å². The maximum atomic E-state index is 5.97. The molecule has 19 heavy (non-hydrogen) atoms. The van der Waals surface area contributed by atoms with Gasteiger partial charge in [0.1, 0.15) is 0 Å². The quantitative estimate of drug-likeness (QED) is 0.801. The topological polar surface area (TPSA) is 52.0 Å². The third kappa shape index (κ3) is 2.73. The number of hydrogen-bond donors (Lipinski definition) is 2. The largest absolute Gasteiger partial charge is 0.399 e. The SMILES string of the molecule is Cc1cc(N)cc(C(C)(C)c2cc(C)cc(N)c2)c1. The van der Waals surface area contributed by atoms with Gasteiger partial charge in [-0.1, -0.05) is 26.0 Å². The Kier molecular flexibility index (Phi) is 3.27. The van der Waals surface area contributed by atoms with Crippen LogP contribution in [0, 0.1) is 13.8 Å². The molecule has 2 nitrogen and oxygen atoms in total. The van der Waals surface area contributed by atoms with Gasteiger partial charge in [-0.25, -0.2) is 0 Å². The third-order valence-corrected chi connectivity index (χ3v) is 3.64. The lowest BCUT2D eigenvalue weighted by Gasteiger charge is -2.27. The average Bonchev–Trinajstić information content (AvgIpc) is 2.26. The predicted octanol–water partition coefficient (Wildman–Crippen LogP) is 3.79. The predicted molar refractivity (Wildman–Crippen MR) is 83.3 cm³/mol. The molecule has 0 amide bonds. The van der Waals surface area contributed by atoms with Gasteiger partial charge in [0, 0.05) is 16.8 Å². The molecule has 0 aliphatic rings. The maximum Gasteiger partial charge on any atom is 0.0319 e. The van der Waals surface area contributed by atoms with Crippen LogP contribution >= 0.6 is 0 Å². The van der Waals surface area contributed by atoms with E-state index in [1.54, 1.807) is 0 Å². The normalized spacial score (nSPS) is 11.6. The molecule has 0 heterocycles. The van der Waals surface area contributed by atoms with E-state index in [1.165, 1.54) is 22.3 Å². The second-order valence-electron chi connectivity index (χ2n) is 5.89. The molecule has 2 heteroatoms. The van der Waals surface area contributed by atoms with Crippen LogP contribution in [0.3, 0.4) is 0 Å². The van der Waals surface area contributed by atoms with Crippen LogP contribution in [0.2, 0.25) is 0 Å². The molecule has 2 rings (SSSR count). The van der Waals surface area contributed by atoms with Crippen molar-refractivity contribution in [3.05, 3.63) is 58.7 Å². The van der Waals surface area contributed by atoms with Crippen LogP contribution < -0.4 is 11.5 Å². The Bertz CT molecular complexity index is 519. The number of nitrogen functional groups attached to an aromatic ring is 2. The molecule has 0 unspecified atom stereocenters. The summed E-state index contributed by atoms with van der Waals surface area (Å²) in [6.45, 7) is 8.55. The second-order valence-corrected chi connectivity index (χ2v) is 5.89. The fraction of sp³-hybridized carbons (Fsp3) is 0.294. The standard InChI is InChI=1S/C17H22N2/c1-11-5-13(9-15(18)7-11)17(3,4)14-6-12(2)8-16(19)10-14/h5-10H,18-19H2,1-4H3. The van der Waals surface area contributed by atoms with Gasteiger partial charge in [-0.05, 0) is 60.4 Å². The molecule has 0 bridgehead atoms. The first-order chi connectivity index (χ1) is 8.79. The molecule has 0 aromatic heterocycles. The van der Waals surface area contributed by atoms with Gasteiger partial charge in [-0.3, -0.25) is 0 Å². The number of benzene rings is 2. The zero-order valence-corrected chi connectivity index (χ0v) is 12.1. The molecule has 2 aromatic rings. The molecule has 2 aromatic carbocycles. The highest BCUT2D eigenvalue weighted by atomic mass is 14.6. The van der Waals surface area contributed by atoms with Gasteiger partial charge in [-0.2, -0.15) is 0 Å². The van der Waals surface area contributed by atoms with Crippen molar-refractivity contribution in [1.82, 2.24) is 0 Å². The van der Waals surface area contributed by atoms with E-state index in [2.05, 4.69) is 39.8 Å². The van der Waals surface area contributed by atoms with E-state index in [0.717, 1.165) is 11.4 Å². The first kappa shape index (κ1) is 13.5. The van der Waals surface area contributed by atoms with Crippen LogP contribution in [-0.4, -0.2) is 0 Å². The van der Waals surface area contributed by atoms with Crippen molar-refractivity contribution in [3.8, 4) is 0 Å². The number of anilines is 2. The molecule has 4 N–H and O–H groups in total. The van der Waals surface area contributed by atoms with Gasteiger partial charge in [0.25, 0.3) is 0 Å². The highest BCUT2D eigenvalue weighted by molar-refractivity contribution is 5.53. The van der Waals surface area contributed by atoms with Crippen molar-refractivity contribution in [2.24, 2.45) is 0 Å². The van der Waals surface area contributed by atoms with Gasteiger partial charge >= 0.3 is 0 Å². The van der Waals surface area contributed by atoms with E-state index in [1.807, 2.05) is 24.3 Å². The monoisotopic (exact) mass is 254 g/mol. The Morgan fingerprint density at radius 3 is 1.37 bits per heavy atom. The van der Waals surface area contributed by atoms with Gasteiger partial charge in [-0.15, -0.1) is 0 Å².